The molecule has 2 aromatic heterocycles. The number of pyridine rings is 2. The number of aromatic hydroxyl groups is 1. The first-order valence-electron chi connectivity index (χ1n) is 7.55. The Morgan fingerprint density at radius 3 is 2.64 bits per heavy atom. The van der Waals surface area contributed by atoms with E-state index in [4.69, 9.17) is 4.74 Å². The molecule has 3 aromatic rings. The summed E-state index contributed by atoms with van der Waals surface area (Å²) >= 11 is 0. The predicted molar refractivity (Wildman–Crippen MR) is 90.3 cm³/mol. The third-order valence-corrected chi connectivity index (χ3v) is 3.67. The topological polar surface area (TPSA) is 81.4 Å². The van der Waals surface area contributed by atoms with Crippen LogP contribution < -0.4 is 35.1 Å². The fraction of sp³-hybridized carbons (Fsp3) is 0.167. The van der Waals surface area contributed by atoms with E-state index in [0.29, 0.717) is 16.6 Å². The van der Waals surface area contributed by atoms with Gasteiger partial charge >= 0.3 is 35.5 Å². The Hall–Kier alpha value is -2.15. The van der Waals surface area contributed by atoms with Crippen molar-refractivity contribution in [3.05, 3.63) is 70.3 Å². The number of aromatic nitrogens is 2. The van der Waals surface area contributed by atoms with E-state index < -0.39 is 11.5 Å². The van der Waals surface area contributed by atoms with Crippen LogP contribution in [0.5, 0.6) is 5.75 Å². The number of nitrogens with zero attached hydrogens (tertiary/aromatic N) is 2. The molecule has 1 aromatic carbocycles. The number of benzene rings is 1. The Balaban J connectivity index is 0.00000169. The molecule has 2 heterocycles. The van der Waals surface area contributed by atoms with Gasteiger partial charge in [-0.15, -0.1) is 0 Å². The van der Waals surface area contributed by atoms with Gasteiger partial charge in [0.2, 0.25) is 0 Å². The van der Waals surface area contributed by atoms with Gasteiger partial charge in [-0.1, -0.05) is 18.2 Å². The van der Waals surface area contributed by atoms with Crippen molar-refractivity contribution in [3.8, 4) is 5.75 Å². The number of carbonyl (C=O) groups is 1. The Morgan fingerprint density at radius 1 is 1.24 bits per heavy atom. The first kappa shape index (κ1) is 19.2. The van der Waals surface area contributed by atoms with Crippen molar-refractivity contribution in [3.63, 3.8) is 0 Å². The molecule has 7 heteroatoms. The van der Waals surface area contributed by atoms with Crippen LogP contribution in [0.25, 0.3) is 10.9 Å². The van der Waals surface area contributed by atoms with Gasteiger partial charge in [0.05, 0.1) is 24.4 Å². The second-order valence-corrected chi connectivity index (χ2v) is 5.17. The van der Waals surface area contributed by atoms with Crippen LogP contribution in [0, 0.1) is 0 Å². The molecule has 0 aliphatic carbocycles. The predicted octanol–water partition coefficient (Wildman–Crippen LogP) is -0.556. The Bertz CT molecular complexity index is 961. The summed E-state index contributed by atoms with van der Waals surface area (Å²) in [5.74, 6) is -1.19. The van der Waals surface area contributed by atoms with E-state index in [0.717, 1.165) is 0 Å². The van der Waals surface area contributed by atoms with Crippen LogP contribution in [0.3, 0.4) is 0 Å². The summed E-state index contributed by atoms with van der Waals surface area (Å²) in [7, 11) is 0. The van der Waals surface area contributed by atoms with E-state index in [2.05, 4.69) is 4.98 Å². The molecule has 0 amide bonds. The molecule has 25 heavy (non-hydrogen) atoms. The van der Waals surface area contributed by atoms with Crippen LogP contribution in [-0.2, 0) is 11.3 Å². The zero-order valence-corrected chi connectivity index (χ0v) is 16.1. The van der Waals surface area contributed by atoms with Crippen LogP contribution in [0.2, 0.25) is 0 Å². The molecule has 0 aliphatic heterocycles. The molecule has 6 nitrogen and oxygen atoms in total. The minimum absolute atomic E-state index is 0. The molecular weight excluding hydrogens is 331 g/mol. The van der Waals surface area contributed by atoms with Crippen LogP contribution in [-0.4, -0.2) is 27.2 Å². The molecule has 0 radical (unpaired) electrons. The van der Waals surface area contributed by atoms with E-state index in [1.807, 2.05) is 6.07 Å². The summed E-state index contributed by atoms with van der Waals surface area (Å²) in [5, 5.41) is 10.8. The SMILES string of the molecule is CCOC(=O)c1c(O)c2ccccc2n(Cc2ccccn2)c1=O.[H-].[Na+]. The van der Waals surface area contributed by atoms with Gasteiger partial charge in [-0.3, -0.25) is 9.78 Å². The van der Waals surface area contributed by atoms with Crippen molar-refractivity contribution in [1.29, 1.82) is 0 Å². The van der Waals surface area contributed by atoms with Gasteiger partial charge in [0.25, 0.3) is 5.56 Å². The van der Waals surface area contributed by atoms with E-state index in [-0.39, 0.29) is 55.4 Å². The van der Waals surface area contributed by atoms with Crippen LogP contribution >= 0.6 is 0 Å². The number of esters is 1. The fourth-order valence-electron chi connectivity index (χ4n) is 2.59. The van der Waals surface area contributed by atoms with Crippen LogP contribution in [0.1, 0.15) is 24.4 Å². The van der Waals surface area contributed by atoms with Gasteiger partial charge in [0.15, 0.2) is 5.56 Å². The summed E-state index contributed by atoms with van der Waals surface area (Å²) in [6.45, 7) is 1.94. The van der Waals surface area contributed by atoms with Gasteiger partial charge in [0.1, 0.15) is 5.75 Å². The van der Waals surface area contributed by atoms with Crippen molar-refractivity contribution >= 4 is 16.9 Å². The van der Waals surface area contributed by atoms with Crippen molar-refractivity contribution in [2.75, 3.05) is 6.61 Å². The minimum Gasteiger partial charge on any atom is -1.00 e. The van der Waals surface area contributed by atoms with Gasteiger partial charge in [0, 0.05) is 11.6 Å². The monoisotopic (exact) mass is 348 g/mol. The minimum atomic E-state index is -0.833. The largest absolute Gasteiger partial charge is 1.00 e. The summed E-state index contributed by atoms with van der Waals surface area (Å²) in [6.07, 6.45) is 1.63. The van der Waals surface area contributed by atoms with Gasteiger partial charge in [-0.2, -0.15) is 0 Å². The van der Waals surface area contributed by atoms with E-state index in [9.17, 15) is 14.7 Å². The number of fused-ring (bicyclic) bond motifs is 1. The quantitative estimate of drug-likeness (QED) is 0.505. The third-order valence-electron chi connectivity index (χ3n) is 3.67. The number of rotatable bonds is 4. The maximum absolute atomic E-state index is 12.8. The molecule has 0 atom stereocenters. The van der Waals surface area contributed by atoms with Crippen molar-refractivity contribution in [2.45, 2.75) is 13.5 Å². The second kappa shape index (κ2) is 8.29. The van der Waals surface area contributed by atoms with Gasteiger partial charge in [-0.05, 0) is 31.2 Å². The van der Waals surface area contributed by atoms with Crippen molar-refractivity contribution in [1.82, 2.24) is 9.55 Å². The zero-order valence-electron chi connectivity index (χ0n) is 15.1. The normalized spacial score (nSPS) is 10.3. The summed E-state index contributed by atoms with van der Waals surface area (Å²) in [4.78, 5) is 29.1. The Morgan fingerprint density at radius 2 is 1.96 bits per heavy atom. The van der Waals surface area contributed by atoms with Crippen LogP contribution in [0.4, 0.5) is 0 Å². The summed E-state index contributed by atoms with van der Waals surface area (Å²) < 4.78 is 6.34. The number of hydrogen-bond donors (Lipinski definition) is 1. The standard InChI is InChI=1S/C18H16N2O4.Na.H/c1-2-24-18(23)15-16(21)13-8-3-4-9-14(13)20(17(15)22)11-12-7-5-6-10-19-12;;/h3-10,21H,2,11H2,1H3;;/q;+1;-1. The maximum atomic E-state index is 12.8. The smallest absolute Gasteiger partial charge is 1.00 e. The molecule has 0 spiro atoms. The molecule has 0 unspecified atom stereocenters. The average Bonchev–Trinajstić information content (AvgIpc) is 2.60. The van der Waals surface area contributed by atoms with E-state index in [1.54, 1.807) is 49.5 Å². The zero-order chi connectivity index (χ0) is 17.1. The number of ether oxygens (including phenoxy) is 1. The Kier molecular flexibility index (Phi) is 6.36. The van der Waals surface area contributed by atoms with E-state index in [1.165, 1.54) is 4.57 Å². The molecular formula is C18H17N2NaO4. The number of para-hydroxylation sites is 1. The summed E-state index contributed by atoms with van der Waals surface area (Å²) in [5.41, 5.74) is 0.241. The first-order chi connectivity index (χ1) is 11.6. The molecule has 0 fully saturated rings. The number of carbonyl (C=O) groups excluding carboxylic acids is 1. The fourth-order valence-corrected chi connectivity index (χ4v) is 2.59. The Labute approximate surface area is 167 Å². The molecule has 0 bridgehead atoms. The van der Waals surface area contributed by atoms with E-state index >= 15 is 0 Å². The van der Waals surface area contributed by atoms with Crippen LogP contribution in [0.15, 0.2) is 53.5 Å². The maximum Gasteiger partial charge on any atom is 1.00 e. The van der Waals surface area contributed by atoms with Gasteiger partial charge in [-0.25, -0.2) is 4.79 Å². The first-order valence-corrected chi connectivity index (χ1v) is 7.55. The van der Waals surface area contributed by atoms with Crippen molar-refractivity contribution < 1.29 is 45.6 Å². The second-order valence-electron chi connectivity index (χ2n) is 5.17. The molecule has 0 aliphatic rings. The molecule has 3 rings (SSSR count). The van der Waals surface area contributed by atoms with Gasteiger partial charge < -0.3 is 15.8 Å². The molecule has 1 N–H and O–H groups in total. The summed E-state index contributed by atoms with van der Waals surface area (Å²) in [6, 6.07) is 12.3. The van der Waals surface area contributed by atoms with Crippen molar-refractivity contribution in [2.24, 2.45) is 0 Å². The molecule has 124 valence electrons. The molecule has 0 saturated heterocycles. The average molecular weight is 348 g/mol. The molecule has 0 saturated carbocycles. The third kappa shape index (κ3) is 3.76. The number of hydrogen-bond acceptors (Lipinski definition) is 5.